The van der Waals surface area contributed by atoms with Crippen molar-refractivity contribution in [2.24, 2.45) is 0 Å². The summed E-state index contributed by atoms with van der Waals surface area (Å²) >= 11 is -2.90. The van der Waals surface area contributed by atoms with Crippen LogP contribution in [0, 0.1) is 0 Å². The molecule has 21 heavy (non-hydrogen) atoms. The van der Waals surface area contributed by atoms with E-state index in [1.807, 2.05) is 6.56 Å². The van der Waals surface area contributed by atoms with E-state index in [0.717, 1.165) is 3.63 Å². The Labute approximate surface area is 144 Å². The van der Waals surface area contributed by atoms with Gasteiger partial charge in [0, 0.05) is 0 Å². The molecular weight excluding hydrogens is 394 g/mol. The van der Waals surface area contributed by atoms with Gasteiger partial charge in [0.05, 0.1) is 0 Å². The van der Waals surface area contributed by atoms with Gasteiger partial charge >= 0.3 is 120 Å². The topological polar surface area (TPSA) is 0 Å². The van der Waals surface area contributed by atoms with Crippen LogP contribution in [0.3, 0.4) is 0 Å². The number of allylic oxidation sites excluding steroid dienone is 8. The summed E-state index contributed by atoms with van der Waals surface area (Å²) in [6.07, 6.45) is 24.3. The normalized spacial score (nSPS) is 22.4. The first-order chi connectivity index (χ1) is 9.12. The molecule has 0 atom stereocenters. The first-order valence-corrected chi connectivity index (χ1v) is 20.1. The third kappa shape index (κ3) is 3.30. The molecule has 0 aromatic carbocycles. The SMILES string of the molecule is Cl.Cl.[CH3][Zr](=[SiH2])([C]1=CC=CC1)([C]1=CC=CC1)[CH]1CCCCC1. The summed E-state index contributed by atoms with van der Waals surface area (Å²) in [5.41, 5.74) is 0. The summed E-state index contributed by atoms with van der Waals surface area (Å²) in [6.45, 7) is 2.49. The Morgan fingerprint density at radius 2 is 1.38 bits per heavy atom. The fourth-order valence-electron chi connectivity index (χ4n) is 4.54. The first kappa shape index (κ1) is 19.7. The van der Waals surface area contributed by atoms with Crippen LogP contribution in [-0.4, -0.2) is 6.88 Å². The predicted molar refractivity (Wildman–Crippen MR) is 99.4 cm³/mol. The molecule has 0 nitrogen and oxygen atoms in total. The van der Waals surface area contributed by atoms with Gasteiger partial charge in [0.15, 0.2) is 0 Å². The molecule has 0 radical (unpaired) electrons. The average molecular weight is 423 g/mol. The molecule has 0 amide bonds. The molecule has 0 aromatic rings. The van der Waals surface area contributed by atoms with Crippen molar-refractivity contribution in [3.63, 3.8) is 0 Å². The molecule has 1 saturated carbocycles. The molecule has 0 unspecified atom stereocenters. The Morgan fingerprint density at radius 1 is 0.905 bits per heavy atom. The van der Waals surface area contributed by atoms with Crippen LogP contribution < -0.4 is 0 Å². The van der Waals surface area contributed by atoms with Crippen molar-refractivity contribution >= 4 is 31.7 Å². The predicted octanol–water partition coefficient (Wildman–Crippen LogP) is 5.56. The second kappa shape index (κ2) is 7.47. The molecule has 0 spiro atoms. The molecule has 3 aliphatic carbocycles. The molecule has 118 valence electrons. The Morgan fingerprint density at radius 3 is 1.76 bits per heavy atom. The summed E-state index contributed by atoms with van der Waals surface area (Å²) in [5.74, 6) is 0. The monoisotopic (exact) mass is 420 g/mol. The summed E-state index contributed by atoms with van der Waals surface area (Å²) < 4.78 is 7.52. The first-order valence-electron chi connectivity index (χ1n) is 7.89. The van der Waals surface area contributed by atoms with Crippen LogP contribution in [-0.2, 0) is 17.4 Å². The van der Waals surface area contributed by atoms with Crippen LogP contribution >= 0.6 is 24.8 Å². The van der Waals surface area contributed by atoms with Crippen LogP contribution in [0.2, 0.25) is 8.26 Å². The van der Waals surface area contributed by atoms with Gasteiger partial charge in [-0.25, -0.2) is 0 Å². The molecule has 0 saturated heterocycles. The fraction of sp³-hybridized carbons (Fsp3) is 0.529. The van der Waals surface area contributed by atoms with E-state index in [1.165, 1.54) is 44.9 Å². The molecule has 0 aliphatic heterocycles. The van der Waals surface area contributed by atoms with Crippen LogP contribution in [0.4, 0.5) is 0 Å². The van der Waals surface area contributed by atoms with Crippen molar-refractivity contribution in [1.82, 2.24) is 0 Å². The zero-order valence-electron chi connectivity index (χ0n) is 13.0. The molecule has 3 aliphatic rings. The molecular formula is C17H28Cl2SiZr. The van der Waals surface area contributed by atoms with Crippen LogP contribution in [0.15, 0.2) is 43.0 Å². The van der Waals surface area contributed by atoms with E-state index in [2.05, 4.69) is 48.0 Å². The minimum absolute atomic E-state index is 0. The van der Waals surface area contributed by atoms with Gasteiger partial charge in [0.25, 0.3) is 0 Å². The van der Waals surface area contributed by atoms with E-state index < -0.39 is 17.4 Å². The summed E-state index contributed by atoms with van der Waals surface area (Å²) in [6, 6.07) is 0. The van der Waals surface area contributed by atoms with Crippen LogP contribution in [0.1, 0.15) is 44.9 Å². The number of hydrogen-bond acceptors (Lipinski definition) is 0. The zero-order chi connectivity index (χ0) is 13.4. The van der Waals surface area contributed by atoms with Crippen molar-refractivity contribution in [2.75, 3.05) is 0 Å². The van der Waals surface area contributed by atoms with Gasteiger partial charge in [-0.3, -0.25) is 0 Å². The van der Waals surface area contributed by atoms with Crippen molar-refractivity contribution in [3.05, 3.63) is 43.0 Å². The van der Waals surface area contributed by atoms with Gasteiger partial charge in [-0.15, -0.1) is 24.8 Å². The quantitative estimate of drug-likeness (QED) is 0.523. The van der Waals surface area contributed by atoms with Gasteiger partial charge in [-0.1, -0.05) is 0 Å². The van der Waals surface area contributed by atoms with Gasteiger partial charge in [0.1, 0.15) is 0 Å². The van der Waals surface area contributed by atoms with Gasteiger partial charge in [0.2, 0.25) is 0 Å². The average Bonchev–Trinajstić information content (AvgIpc) is 3.14. The Bertz CT molecular complexity index is 529. The Hall–Kier alpha value is 0.640. The molecule has 0 heterocycles. The van der Waals surface area contributed by atoms with Gasteiger partial charge in [-0.05, 0) is 0 Å². The zero-order valence-corrected chi connectivity index (χ0v) is 18.5. The Kier molecular flexibility index (Phi) is 7.01. The van der Waals surface area contributed by atoms with Gasteiger partial charge < -0.3 is 0 Å². The van der Waals surface area contributed by atoms with Crippen LogP contribution in [0.5, 0.6) is 0 Å². The maximum absolute atomic E-state index is 2.90. The Balaban J connectivity index is 0.00000110. The summed E-state index contributed by atoms with van der Waals surface area (Å²) in [7, 11) is 0. The van der Waals surface area contributed by atoms with Crippen molar-refractivity contribution < 1.29 is 17.4 Å². The third-order valence-corrected chi connectivity index (χ3v) is 32.3. The second-order valence-corrected chi connectivity index (χ2v) is 33.4. The molecule has 0 N–H and O–H groups in total. The number of rotatable bonds is 3. The maximum atomic E-state index is 2.76. The number of hydrogen-bond donors (Lipinski definition) is 0. The van der Waals surface area contributed by atoms with E-state index in [4.69, 9.17) is 0 Å². The van der Waals surface area contributed by atoms with Crippen molar-refractivity contribution in [2.45, 2.75) is 53.2 Å². The minimum atomic E-state index is -2.90. The third-order valence-electron chi connectivity index (χ3n) is 6.04. The standard InChI is InChI=1S/C6H11.2C5H5.CH3.2ClH.H2Si.Zr/c1-2-4-6-5-3-1;2*1-2-4-5-3-1;;;;;/h1H,2-6H2;2*1-3H,4H2;1H3;2*1H;1H2;. The molecule has 3 rings (SSSR count). The molecule has 0 bridgehead atoms. The molecule has 4 heteroatoms. The van der Waals surface area contributed by atoms with E-state index >= 15 is 0 Å². The molecule has 1 fully saturated rings. The summed E-state index contributed by atoms with van der Waals surface area (Å²) in [5, 5.41) is 0. The number of halogens is 2. The summed E-state index contributed by atoms with van der Waals surface area (Å²) in [4.78, 5) is 0. The van der Waals surface area contributed by atoms with Crippen molar-refractivity contribution in [1.29, 1.82) is 0 Å². The van der Waals surface area contributed by atoms with E-state index in [1.54, 1.807) is 0 Å². The second-order valence-electron chi connectivity index (χ2n) is 7.10. The molecule has 0 aromatic heterocycles. The van der Waals surface area contributed by atoms with E-state index in [0.29, 0.717) is 0 Å². The van der Waals surface area contributed by atoms with E-state index in [-0.39, 0.29) is 24.8 Å². The van der Waals surface area contributed by atoms with Crippen molar-refractivity contribution in [3.8, 4) is 0 Å². The van der Waals surface area contributed by atoms with E-state index in [9.17, 15) is 0 Å². The van der Waals surface area contributed by atoms with Crippen LogP contribution in [0.25, 0.3) is 0 Å². The van der Waals surface area contributed by atoms with Gasteiger partial charge in [-0.2, -0.15) is 0 Å². The fourth-order valence-corrected chi connectivity index (χ4v) is 24.6.